The Morgan fingerprint density at radius 2 is 2.00 bits per heavy atom. The molecule has 0 radical (unpaired) electrons. The smallest absolute Gasteiger partial charge is 0.331 e. The number of carbonyl (C=O) groups is 3. The SMILES string of the molecule is CC(=O)N1CCC[C@@H](NC(=O)c2sc3nccc4c3c2NC(=O)N4c2ccc(Oc3ccccc3)c(Cl)c2)C1. The molecule has 6 rings (SSSR count). The van der Waals surface area contributed by atoms with Gasteiger partial charge in [0, 0.05) is 32.3 Å². The normalized spacial score (nSPS) is 16.7. The molecule has 0 saturated carbocycles. The van der Waals surface area contributed by atoms with Crippen molar-refractivity contribution >= 4 is 68.1 Å². The Balaban J connectivity index is 1.30. The molecule has 4 heterocycles. The van der Waals surface area contributed by atoms with Crippen LogP contribution in [0.1, 0.15) is 29.4 Å². The average molecular weight is 562 g/mol. The van der Waals surface area contributed by atoms with Gasteiger partial charge in [0.2, 0.25) is 5.91 Å². The van der Waals surface area contributed by atoms with Crippen LogP contribution < -0.4 is 20.3 Å². The Hall–Kier alpha value is -4.15. The van der Waals surface area contributed by atoms with E-state index < -0.39 is 6.03 Å². The molecule has 0 bridgehead atoms. The molecule has 2 aliphatic rings. The fourth-order valence-electron chi connectivity index (χ4n) is 4.96. The summed E-state index contributed by atoms with van der Waals surface area (Å²) in [5.74, 6) is 0.806. The number of pyridine rings is 1. The molecule has 1 atom stereocenters. The van der Waals surface area contributed by atoms with E-state index in [1.54, 1.807) is 35.4 Å². The molecule has 4 amide bonds. The Kier molecular flexibility index (Phi) is 6.58. The molecule has 1 saturated heterocycles. The number of para-hydroxylation sites is 1. The second kappa shape index (κ2) is 10.2. The molecule has 9 nitrogen and oxygen atoms in total. The van der Waals surface area contributed by atoms with E-state index in [2.05, 4.69) is 15.6 Å². The number of urea groups is 1. The van der Waals surface area contributed by atoms with E-state index in [4.69, 9.17) is 16.3 Å². The van der Waals surface area contributed by atoms with E-state index in [9.17, 15) is 14.4 Å². The van der Waals surface area contributed by atoms with Crippen LogP contribution in [0, 0.1) is 0 Å². The summed E-state index contributed by atoms with van der Waals surface area (Å²) in [7, 11) is 0. The third-order valence-corrected chi connectivity index (χ3v) is 8.19. The van der Waals surface area contributed by atoms with Crippen LogP contribution in [-0.4, -0.2) is 46.9 Å². The van der Waals surface area contributed by atoms with E-state index in [0.717, 1.165) is 12.8 Å². The predicted octanol–water partition coefficient (Wildman–Crippen LogP) is 6.17. The van der Waals surface area contributed by atoms with Crippen molar-refractivity contribution in [2.24, 2.45) is 0 Å². The second-order valence-corrected chi connectivity index (χ2v) is 10.8. The number of anilines is 3. The number of hydrogen-bond acceptors (Lipinski definition) is 6. The fraction of sp³-hybridized carbons (Fsp3) is 0.214. The number of aromatic nitrogens is 1. The number of carbonyl (C=O) groups excluding carboxylic acids is 3. The summed E-state index contributed by atoms with van der Waals surface area (Å²) in [6.07, 6.45) is 3.22. The van der Waals surface area contributed by atoms with Crippen molar-refractivity contribution in [2.45, 2.75) is 25.8 Å². The van der Waals surface area contributed by atoms with Crippen LogP contribution in [0.5, 0.6) is 11.5 Å². The van der Waals surface area contributed by atoms with E-state index in [1.165, 1.54) is 23.2 Å². The minimum absolute atomic E-state index is 0.00753. The molecule has 0 spiro atoms. The van der Waals surface area contributed by atoms with Crippen molar-refractivity contribution in [3.05, 3.63) is 70.7 Å². The first kappa shape index (κ1) is 25.1. The first-order valence-corrected chi connectivity index (χ1v) is 13.7. The highest BCUT2D eigenvalue weighted by Gasteiger charge is 2.34. The number of likely N-dealkylation sites (tertiary alicyclic amines) is 1. The topological polar surface area (TPSA) is 104 Å². The molecule has 11 heteroatoms. The van der Waals surface area contributed by atoms with Gasteiger partial charge in [0.15, 0.2) is 0 Å². The van der Waals surface area contributed by atoms with Crippen molar-refractivity contribution in [3.8, 4) is 11.5 Å². The molecule has 198 valence electrons. The number of rotatable bonds is 5. The number of benzene rings is 2. The van der Waals surface area contributed by atoms with Gasteiger partial charge in [0.05, 0.1) is 27.5 Å². The highest BCUT2D eigenvalue weighted by Crippen LogP contribution is 2.46. The quantitative estimate of drug-likeness (QED) is 0.303. The number of halogens is 1. The zero-order valence-corrected chi connectivity index (χ0v) is 22.5. The molecule has 0 unspecified atom stereocenters. The lowest BCUT2D eigenvalue weighted by Gasteiger charge is -2.32. The van der Waals surface area contributed by atoms with Crippen molar-refractivity contribution in [1.82, 2.24) is 15.2 Å². The Morgan fingerprint density at radius 1 is 1.18 bits per heavy atom. The number of nitrogens with zero attached hydrogens (tertiary/aromatic N) is 3. The number of thiophene rings is 1. The maximum Gasteiger partial charge on any atom is 0.331 e. The van der Waals surface area contributed by atoms with Crippen LogP contribution >= 0.6 is 22.9 Å². The molecule has 4 aromatic rings. The number of piperidine rings is 1. The van der Waals surface area contributed by atoms with E-state index in [-0.39, 0.29) is 17.9 Å². The summed E-state index contributed by atoms with van der Waals surface area (Å²) < 4.78 is 5.88. The van der Waals surface area contributed by atoms with E-state index >= 15 is 0 Å². The molecule has 2 aromatic heterocycles. The van der Waals surface area contributed by atoms with Gasteiger partial charge in [0.25, 0.3) is 5.91 Å². The minimum Gasteiger partial charge on any atom is -0.456 e. The zero-order valence-electron chi connectivity index (χ0n) is 20.9. The van der Waals surface area contributed by atoms with Crippen LogP contribution in [-0.2, 0) is 4.79 Å². The first-order valence-electron chi connectivity index (χ1n) is 12.5. The molecule has 2 aromatic carbocycles. The molecular weight excluding hydrogens is 538 g/mol. The molecule has 2 aliphatic heterocycles. The van der Waals surface area contributed by atoms with Gasteiger partial charge in [-0.25, -0.2) is 9.78 Å². The van der Waals surface area contributed by atoms with E-state index in [0.29, 0.717) is 61.8 Å². The third-order valence-electron chi connectivity index (χ3n) is 6.80. The van der Waals surface area contributed by atoms with Crippen molar-refractivity contribution in [2.75, 3.05) is 23.3 Å². The largest absolute Gasteiger partial charge is 0.456 e. The fourth-order valence-corrected chi connectivity index (χ4v) is 6.20. The maximum absolute atomic E-state index is 13.4. The second-order valence-electron chi connectivity index (χ2n) is 9.39. The van der Waals surface area contributed by atoms with Crippen LogP contribution in [0.25, 0.3) is 10.2 Å². The average Bonchev–Trinajstić information content (AvgIpc) is 3.30. The summed E-state index contributed by atoms with van der Waals surface area (Å²) in [6, 6.07) is 15.6. The van der Waals surface area contributed by atoms with Gasteiger partial charge in [-0.3, -0.25) is 14.5 Å². The van der Waals surface area contributed by atoms with Crippen molar-refractivity contribution in [1.29, 1.82) is 0 Å². The number of amides is 4. The van der Waals surface area contributed by atoms with Crippen LogP contribution in [0.3, 0.4) is 0 Å². The van der Waals surface area contributed by atoms with Crippen LogP contribution in [0.2, 0.25) is 5.02 Å². The Morgan fingerprint density at radius 3 is 2.77 bits per heavy atom. The minimum atomic E-state index is -0.421. The summed E-state index contributed by atoms with van der Waals surface area (Å²) in [4.78, 5) is 47.3. The summed E-state index contributed by atoms with van der Waals surface area (Å²) in [6.45, 7) is 2.69. The monoisotopic (exact) mass is 561 g/mol. The highest BCUT2D eigenvalue weighted by molar-refractivity contribution is 7.21. The molecular formula is C28H24ClN5O4S. The summed E-state index contributed by atoms with van der Waals surface area (Å²) >= 11 is 7.77. The summed E-state index contributed by atoms with van der Waals surface area (Å²) in [5.41, 5.74) is 1.58. The van der Waals surface area contributed by atoms with Gasteiger partial charge < -0.3 is 20.3 Å². The third kappa shape index (κ3) is 4.77. The van der Waals surface area contributed by atoms with Gasteiger partial charge >= 0.3 is 6.03 Å². The van der Waals surface area contributed by atoms with Gasteiger partial charge in [-0.15, -0.1) is 11.3 Å². The lowest BCUT2D eigenvalue weighted by molar-refractivity contribution is -0.130. The molecule has 2 N–H and O–H groups in total. The lowest BCUT2D eigenvalue weighted by atomic mass is 10.1. The molecule has 39 heavy (non-hydrogen) atoms. The first-order chi connectivity index (χ1) is 18.9. The molecule has 0 aliphatic carbocycles. The van der Waals surface area contributed by atoms with Gasteiger partial charge in [0.1, 0.15) is 21.2 Å². The zero-order chi connectivity index (χ0) is 27.1. The van der Waals surface area contributed by atoms with Crippen molar-refractivity contribution < 1.29 is 19.1 Å². The predicted molar refractivity (Wildman–Crippen MR) is 151 cm³/mol. The van der Waals surface area contributed by atoms with Crippen LogP contribution in [0.15, 0.2) is 60.8 Å². The van der Waals surface area contributed by atoms with E-state index in [1.807, 2.05) is 30.3 Å². The van der Waals surface area contributed by atoms with Gasteiger partial charge in [-0.1, -0.05) is 29.8 Å². The highest BCUT2D eigenvalue weighted by atomic mass is 35.5. The summed E-state index contributed by atoms with van der Waals surface area (Å²) in [5, 5.41) is 6.97. The van der Waals surface area contributed by atoms with Crippen LogP contribution in [0.4, 0.5) is 21.9 Å². The van der Waals surface area contributed by atoms with Gasteiger partial charge in [-0.2, -0.15) is 0 Å². The van der Waals surface area contributed by atoms with Gasteiger partial charge in [-0.05, 0) is 49.2 Å². The molecule has 1 fully saturated rings. The lowest BCUT2D eigenvalue weighted by Crippen LogP contribution is -2.49. The number of ether oxygens (including phenoxy) is 1. The number of nitrogens with one attached hydrogen (secondary N) is 2. The maximum atomic E-state index is 13.4. The Bertz CT molecular complexity index is 1610. The Labute approximate surface area is 233 Å². The standard InChI is InChI=1S/C28H24ClN5O4S/c1-16(35)33-13-5-6-17(15-33)31-26(36)25-24-23-21(11-12-30-27(23)39-25)34(28(37)32-24)18-9-10-22(20(29)14-18)38-19-7-3-2-4-8-19/h2-4,7-12,14,17H,5-6,13,15H2,1H3,(H,31,36)(H,32,37)/t17-/m1/s1. The van der Waals surface area contributed by atoms with Crippen molar-refractivity contribution in [3.63, 3.8) is 0 Å². The number of hydrogen-bond donors (Lipinski definition) is 2.